The minimum atomic E-state index is 0.107. The Labute approximate surface area is 110 Å². The van der Waals surface area contributed by atoms with Crippen LogP contribution in [0.2, 0.25) is 0 Å². The third kappa shape index (κ3) is 2.03. The Morgan fingerprint density at radius 3 is 2.89 bits per heavy atom. The fourth-order valence-electron chi connectivity index (χ4n) is 2.20. The number of hydrogen-bond donors (Lipinski definition) is 2. The van der Waals surface area contributed by atoms with E-state index in [1.807, 2.05) is 24.9 Å². The summed E-state index contributed by atoms with van der Waals surface area (Å²) < 4.78 is 1.81. The van der Waals surface area contributed by atoms with Gasteiger partial charge in [0.25, 0.3) is 0 Å². The Morgan fingerprint density at radius 2 is 2.16 bits per heavy atom. The molecular weight excluding hydrogens is 242 g/mol. The van der Waals surface area contributed by atoms with Gasteiger partial charge < -0.3 is 10.3 Å². The van der Waals surface area contributed by atoms with Gasteiger partial charge in [0.05, 0.1) is 18.1 Å². The van der Waals surface area contributed by atoms with E-state index in [4.69, 9.17) is 0 Å². The van der Waals surface area contributed by atoms with Gasteiger partial charge in [-0.05, 0) is 13.8 Å². The Bertz CT molecular complexity index is 712. The lowest BCUT2D eigenvalue weighted by atomic mass is 10.1. The number of anilines is 1. The summed E-state index contributed by atoms with van der Waals surface area (Å²) in [5.74, 6) is 0.748. The Morgan fingerprint density at radius 1 is 1.32 bits per heavy atom. The van der Waals surface area contributed by atoms with Crippen LogP contribution in [0.25, 0.3) is 11.2 Å². The van der Waals surface area contributed by atoms with Crippen LogP contribution in [0.15, 0.2) is 18.9 Å². The minimum absolute atomic E-state index is 0.107. The molecule has 0 bridgehead atoms. The lowest BCUT2D eigenvalue weighted by Gasteiger charge is -2.13. The second kappa shape index (κ2) is 4.34. The molecule has 0 aliphatic heterocycles. The number of aryl methyl sites for hydroxylation is 2. The van der Waals surface area contributed by atoms with E-state index in [1.165, 1.54) is 6.33 Å². The monoisotopic (exact) mass is 257 g/mol. The average molecular weight is 257 g/mol. The quantitative estimate of drug-likeness (QED) is 0.744. The van der Waals surface area contributed by atoms with Crippen molar-refractivity contribution in [2.75, 3.05) is 5.32 Å². The van der Waals surface area contributed by atoms with E-state index < -0.39 is 0 Å². The molecule has 3 heterocycles. The second-order valence-corrected chi connectivity index (χ2v) is 4.53. The van der Waals surface area contributed by atoms with Gasteiger partial charge in [0, 0.05) is 18.8 Å². The zero-order chi connectivity index (χ0) is 13.4. The van der Waals surface area contributed by atoms with E-state index in [0.717, 1.165) is 22.6 Å². The van der Waals surface area contributed by atoms with Crippen LogP contribution in [-0.4, -0.2) is 29.7 Å². The first-order valence-electron chi connectivity index (χ1n) is 6.06. The number of nitrogens with one attached hydrogen (secondary N) is 2. The van der Waals surface area contributed by atoms with Gasteiger partial charge in [-0.2, -0.15) is 5.10 Å². The van der Waals surface area contributed by atoms with Crippen LogP contribution in [0, 0.1) is 6.92 Å². The minimum Gasteiger partial charge on any atom is -0.362 e. The highest BCUT2D eigenvalue weighted by molar-refractivity contribution is 5.82. The highest BCUT2D eigenvalue weighted by Gasteiger charge is 2.14. The molecule has 0 saturated heterocycles. The Hall–Kier alpha value is -2.44. The first kappa shape index (κ1) is 11.6. The summed E-state index contributed by atoms with van der Waals surface area (Å²) in [5, 5.41) is 7.72. The van der Waals surface area contributed by atoms with Gasteiger partial charge in [-0.1, -0.05) is 0 Å². The molecule has 19 heavy (non-hydrogen) atoms. The molecule has 2 N–H and O–H groups in total. The molecule has 1 atom stereocenters. The first-order chi connectivity index (χ1) is 9.15. The van der Waals surface area contributed by atoms with Gasteiger partial charge in [-0.3, -0.25) is 4.68 Å². The van der Waals surface area contributed by atoms with Crippen LogP contribution in [0.4, 0.5) is 5.82 Å². The molecule has 0 aliphatic carbocycles. The summed E-state index contributed by atoms with van der Waals surface area (Å²) in [5.41, 5.74) is 3.63. The topological polar surface area (TPSA) is 84.3 Å². The summed E-state index contributed by atoms with van der Waals surface area (Å²) in [7, 11) is 1.92. The van der Waals surface area contributed by atoms with Crippen molar-refractivity contribution >= 4 is 17.0 Å². The van der Waals surface area contributed by atoms with Crippen LogP contribution < -0.4 is 5.32 Å². The average Bonchev–Trinajstić information content (AvgIpc) is 2.96. The van der Waals surface area contributed by atoms with Crippen molar-refractivity contribution in [1.29, 1.82) is 0 Å². The van der Waals surface area contributed by atoms with E-state index in [1.54, 1.807) is 6.33 Å². The number of fused-ring (bicyclic) bond motifs is 1. The zero-order valence-electron chi connectivity index (χ0n) is 11.0. The van der Waals surface area contributed by atoms with E-state index in [-0.39, 0.29) is 6.04 Å². The Kier molecular flexibility index (Phi) is 2.66. The lowest BCUT2D eigenvalue weighted by molar-refractivity contribution is 0.756. The summed E-state index contributed by atoms with van der Waals surface area (Å²) in [6.07, 6.45) is 5.14. The first-order valence-corrected chi connectivity index (χ1v) is 6.06. The highest BCUT2D eigenvalue weighted by Crippen LogP contribution is 2.23. The number of aromatic amines is 1. The third-order valence-corrected chi connectivity index (χ3v) is 3.09. The third-order valence-electron chi connectivity index (χ3n) is 3.09. The molecule has 0 aromatic carbocycles. The fraction of sp³-hybridized carbons (Fsp3) is 0.333. The number of rotatable bonds is 3. The van der Waals surface area contributed by atoms with Gasteiger partial charge >= 0.3 is 0 Å². The van der Waals surface area contributed by atoms with Crippen LogP contribution in [0.5, 0.6) is 0 Å². The van der Waals surface area contributed by atoms with Gasteiger partial charge in [-0.25, -0.2) is 15.0 Å². The smallest absolute Gasteiger partial charge is 0.182 e. The van der Waals surface area contributed by atoms with E-state index in [0.29, 0.717) is 5.65 Å². The van der Waals surface area contributed by atoms with Crippen molar-refractivity contribution in [2.45, 2.75) is 19.9 Å². The summed E-state index contributed by atoms with van der Waals surface area (Å²) in [4.78, 5) is 15.5. The van der Waals surface area contributed by atoms with Crippen LogP contribution in [0.1, 0.15) is 24.2 Å². The van der Waals surface area contributed by atoms with Gasteiger partial charge in [0.2, 0.25) is 0 Å². The zero-order valence-corrected chi connectivity index (χ0v) is 11.0. The molecule has 3 rings (SSSR count). The van der Waals surface area contributed by atoms with E-state index >= 15 is 0 Å². The van der Waals surface area contributed by atoms with Crippen LogP contribution >= 0.6 is 0 Å². The van der Waals surface area contributed by atoms with Gasteiger partial charge in [0.15, 0.2) is 11.5 Å². The van der Waals surface area contributed by atoms with Crippen molar-refractivity contribution in [3.05, 3.63) is 30.1 Å². The number of imidazole rings is 1. The molecule has 98 valence electrons. The molecule has 0 saturated carbocycles. The summed E-state index contributed by atoms with van der Waals surface area (Å²) >= 11 is 0. The predicted octanol–water partition coefficient (Wildman–Crippen LogP) is 1.57. The normalized spacial score (nSPS) is 12.8. The number of hydrogen-bond acceptors (Lipinski definition) is 5. The maximum Gasteiger partial charge on any atom is 0.182 e. The maximum atomic E-state index is 4.35. The SMILES string of the molecule is Cc1nn(C)cc1C(C)Nc1ncnc2nc[nH]c12. The molecular formula is C12H15N7. The molecule has 3 aromatic heterocycles. The van der Waals surface area contributed by atoms with Crippen molar-refractivity contribution in [2.24, 2.45) is 7.05 Å². The Balaban J connectivity index is 1.92. The fourth-order valence-corrected chi connectivity index (χ4v) is 2.20. The lowest BCUT2D eigenvalue weighted by Crippen LogP contribution is -2.09. The molecule has 7 heteroatoms. The molecule has 0 spiro atoms. The van der Waals surface area contributed by atoms with Crippen molar-refractivity contribution < 1.29 is 0 Å². The molecule has 7 nitrogen and oxygen atoms in total. The largest absolute Gasteiger partial charge is 0.362 e. The van der Waals surface area contributed by atoms with Crippen LogP contribution in [0.3, 0.4) is 0 Å². The molecule has 0 fully saturated rings. The van der Waals surface area contributed by atoms with Crippen molar-refractivity contribution in [3.8, 4) is 0 Å². The summed E-state index contributed by atoms with van der Waals surface area (Å²) in [6.45, 7) is 4.08. The second-order valence-electron chi connectivity index (χ2n) is 4.53. The molecule has 0 amide bonds. The van der Waals surface area contributed by atoms with Crippen molar-refractivity contribution in [3.63, 3.8) is 0 Å². The molecule has 3 aromatic rings. The number of nitrogens with zero attached hydrogens (tertiary/aromatic N) is 5. The summed E-state index contributed by atoms with van der Waals surface area (Å²) in [6, 6.07) is 0.107. The van der Waals surface area contributed by atoms with Crippen LogP contribution in [-0.2, 0) is 7.05 Å². The van der Waals surface area contributed by atoms with E-state index in [9.17, 15) is 0 Å². The van der Waals surface area contributed by atoms with Gasteiger partial charge in [-0.15, -0.1) is 0 Å². The number of H-pyrrole nitrogens is 1. The van der Waals surface area contributed by atoms with Gasteiger partial charge in [0.1, 0.15) is 11.8 Å². The standard InChI is InChI=1S/C12H15N7/c1-7(9-4-19(3)18-8(9)2)17-12-10-11(14-5-13-10)15-6-16-12/h4-7H,1-3H3,(H2,13,14,15,16,17). The van der Waals surface area contributed by atoms with Crippen molar-refractivity contribution in [1.82, 2.24) is 29.7 Å². The predicted molar refractivity (Wildman–Crippen MR) is 71.7 cm³/mol. The van der Waals surface area contributed by atoms with E-state index in [2.05, 4.69) is 37.3 Å². The molecule has 1 unspecified atom stereocenters. The highest BCUT2D eigenvalue weighted by atomic mass is 15.3. The number of aromatic nitrogens is 6. The molecule has 0 aliphatic rings. The molecule has 0 radical (unpaired) electrons. The maximum absolute atomic E-state index is 4.35.